The van der Waals surface area contributed by atoms with Crippen molar-refractivity contribution in [3.05, 3.63) is 40.4 Å². The van der Waals surface area contributed by atoms with Crippen molar-refractivity contribution in [1.29, 1.82) is 0 Å². The highest BCUT2D eigenvalue weighted by atomic mass is 79.9. The molecule has 0 saturated carbocycles. The maximum atomic E-state index is 5.30. The predicted octanol–water partition coefficient (Wildman–Crippen LogP) is 1.96. The van der Waals surface area contributed by atoms with Crippen molar-refractivity contribution in [3.63, 3.8) is 0 Å². The van der Waals surface area contributed by atoms with Gasteiger partial charge in [-0.05, 0) is 35.1 Å². The third-order valence-corrected chi connectivity index (χ3v) is 3.44. The number of nitrogens with one attached hydrogen (secondary N) is 1. The van der Waals surface area contributed by atoms with E-state index < -0.39 is 0 Å². The molecule has 0 saturated heterocycles. The van der Waals surface area contributed by atoms with Gasteiger partial charge in [-0.3, -0.25) is 4.98 Å². The van der Waals surface area contributed by atoms with Gasteiger partial charge in [-0.1, -0.05) is 0 Å². The van der Waals surface area contributed by atoms with E-state index in [0.29, 0.717) is 17.5 Å². The van der Waals surface area contributed by atoms with E-state index in [1.165, 1.54) is 7.11 Å². The van der Waals surface area contributed by atoms with E-state index in [1.54, 1.807) is 19.5 Å². The highest BCUT2D eigenvalue weighted by molar-refractivity contribution is 9.10. The van der Waals surface area contributed by atoms with Crippen LogP contribution in [0.2, 0.25) is 0 Å². The largest absolute Gasteiger partial charge is 0.480 e. The fraction of sp³-hybridized carbons (Fsp3) is 0.308. The number of pyridine rings is 1. The molecule has 2 aromatic rings. The minimum Gasteiger partial charge on any atom is -0.480 e. The molecule has 1 unspecified atom stereocenters. The van der Waals surface area contributed by atoms with Crippen molar-refractivity contribution in [1.82, 2.24) is 20.3 Å². The van der Waals surface area contributed by atoms with Crippen molar-refractivity contribution in [2.24, 2.45) is 0 Å². The van der Waals surface area contributed by atoms with Gasteiger partial charge in [-0.15, -0.1) is 0 Å². The first-order valence-electron chi connectivity index (χ1n) is 5.93. The van der Waals surface area contributed by atoms with Gasteiger partial charge in [-0.25, -0.2) is 4.98 Å². The summed E-state index contributed by atoms with van der Waals surface area (Å²) >= 11 is 3.49. The number of nitrogens with zero attached hydrogens (tertiary/aromatic N) is 3. The van der Waals surface area contributed by atoms with Crippen LogP contribution in [0.4, 0.5) is 0 Å². The summed E-state index contributed by atoms with van der Waals surface area (Å²) in [6, 6.07) is 3.55. The number of hydrogen-bond donors (Lipinski definition) is 1. The minimum absolute atomic E-state index is 0.237. The number of halogens is 1. The van der Waals surface area contributed by atoms with Crippen LogP contribution in [0.15, 0.2) is 29.0 Å². The van der Waals surface area contributed by atoms with Crippen LogP contribution < -0.4 is 14.8 Å². The monoisotopic (exact) mass is 338 g/mol. The Morgan fingerprint density at radius 1 is 1.20 bits per heavy atom. The number of methoxy groups -OCH3 is 2. The van der Waals surface area contributed by atoms with E-state index in [9.17, 15) is 0 Å². The van der Waals surface area contributed by atoms with Crippen molar-refractivity contribution in [2.45, 2.75) is 6.04 Å². The van der Waals surface area contributed by atoms with Crippen molar-refractivity contribution >= 4 is 15.9 Å². The summed E-state index contributed by atoms with van der Waals surface area (Å²) in [5.41, 5.74) is 1.46. The Hall–Kier alpha value is -1.73. The van der Waals surface area contributed by atoms with Gasteiger partial charge >= 0.3 is 0 Å². The lowest BCUT2D eigenvalue weighted by atomic mass is 10.1. The molecule has 7 heteroatoms. The van der Waals surface area contributed by atoms with Crippen LogP contribution >= 0.6 is 15.9 Å². The number of ether oxygens (including phenoxy) is 2. The van der Waals surface area contributed by atoms with Crippen LogP contribution in [0.1, 0.15) is 17.4 Å². The molecule has 0 spiro atoms. The first-order chi connectivity index (χ1) is 9.71. The molecule has 2 aromatic heterocycles. The molecule has 1 atom stereocenters. The van der Waals surface area contributed by atoms with Gasteiger partial charge in [0, 0.05) is 10.7 Å². The summed E-state index contributed by atoms with van der Waals surface area (Å²) in [4.78, 5) is 13.0. The van der Waals surface area contributed by atoms with Gasteiger partial charge in [0.2, 0.25) is 11.8 Å². The molecule has 0 amide bonds. The number of aromatic nitrogens is 3. The topological polar surface area (TPSA) is 69.2 Å². The summed E-state index contributed by atoms with van der Waals surface area (Å²) in [5, 5.41) is 3.17. The highest BCUT2D eigenvalue weighted by Gasteiger charge is 2.23. The van der Waals surface area contributed by atoms with Gasteiger partial charge in [0.25, 0.3) is 0 Å². The first kappa shape index (κ1) is 14.7. The molecular weight excluding hydrogens is 324 g/mol. The smallest absolute Gasteiger partial charge is 0.240 e. The number of hydrogen-bond acceptors (Lipinski definition) is 6. The van der Waals surface area contributed by atoms with Crippen LogP contribution in [0.3, 0.4) is 0 Å². The Labute approximate surface area is 125 Å². The predicted molar refractivity (Wildman–Crippen MR) is 78.0 cm³/mol. The molecule has 2 heterocycles. The fourth-order valence-corrected chi connectivity index (χ4v) is 2.31. The van der Waals surface area contributed by atoms with Crippen molar-refractivity contribution < 1.29 is 9.47 Å². The average molecular weight is 339 g/mol. The summed E-state index contributed by atoms with van der Waals surface area (Å²) in [6.45, 7) is 0. The summed E-state index contributed by atoms with van der Waals surface area (Å²) < 4.78 is 11.2. The third kappa shape index (κ3) is 2.88. The fourth-order valence-electron chi connectivity index (χ4n) is 1.83. The van der Waals surface area contributed by atoms with Crippen LogP contribution in [0.5, 0.6) is 11.8 Å². The van der Waals surface area contributed by atoms with Gasteiger partial charge in [0.15, 0.2) is 0 Å². The number of rotatable bonds is 5. The molecule has 0 aromatic carbocycles. The Morgan fingerprint density at radius 2 is 2.00 bits per heavy atom. The lowest BCUT2D eigenvalue weighted by molar-refractivity contribution is 0.353. The lowest BCUT2D eigenvalue weighted by Gasteiger charge is -2.18. The SMILES string of the molecule is CNC(c1ncccc1Br)c1ncc(OC)nc1OC. The Morgan fingerprint density at radius 3 is 2.60 bits per heavy atom. The summed E-state index contributed by atoms with van der Waals surface area (Å²) in [6.07, 6.45) is 3.28. The summed E-state index contributed by atoms with van der Waals surface area (Å²) in [7, 11) is 4.91. The molecule has 20 heavy (non-hydrogen) atoms. The maximum absolute atomic E-state index is 5.30. The first-order valence-corrected chi connectivity index (χ1v) is 6.73. The molecule has 1 N–H and O–H groups in total. The molecule has 106 valence electrons. The maximum Gasteiger partial charge on any atom is 0.240 e. The second-order valence-corrected chi connectivity index (χ2v) is 4.75. The molecule has 6 nitrogen and oxygen atoms in total. The average Bonchev–Trinajstić information content (AvgIpc) is 2.50. The van der Waals surface area contributed by atoms with Gasteiger partial charge in [0.05, 0.1) is 32.2 Å². The highest BCUT2D eigenvalue weighted by Crippen LogP contribution is 2.30. The third-order valence-electron chi connectivity index (χ3n) is 2.77. The molecular formula is C13H15BrN4O2. The molecule has 0 bridgehead atoms. The van der Waals surface area contributed by atoms with E-state index in [2.05, 4.69) is 36.2 Å². The second kappa shape index (κ2) is 6.62. The normalized spacial score (nSPS) is 12.0. The van der Waals surface area contributed by atoms with Crippen LogP contribution in [0.25, 0.3) is 0 Å². The van der Waals surface area contributed by atoms with Gasteiger partial charge < -0.3 is 14.8 Å². The molecule has 0 aliphatic carbocycles. The van der Waals surface area contributed by atoms with E-state index in [1.807, 2.05) is 19.2 Å². The van der Waals surface area contributed by atoms with Crippen LogP contribution in [0, 0.1) is 0 Å². The van der Waals surface area contributed by atoms with Gasteiger partial charge in [0.1, 0.15) is 5.69 Å². The Balaban J connectivity index is 2.49. The zero-order valence-electron chi connectivity index (χ0n) is 11.4. The van der Waals surface area contributed by atoms with Crippen molar-refractivity contribution in [2.75, 3.05) is 21.3 Å². The Kier molecular flexibility index (Phi) is 4.86. The molecule has 0 aliphatic rings. The van der Waals surface area contributed by atoms with E-state index in [0.717, 1.165) is 10.2 Å². The van der Waals surface area contributed by atoms with Crippen LogP contribution in [-0.2, 0) is 0 Å². The molecule has 2 rings (SSSR count). The van der Waals surface area contributed by atoms with E-state index in [4.69, 9.17) is 9.47 Å². The molecule has 0 aliphatic heterocycles. The quantitative estimate of drug-likeness (QED) is 0.898. The van der Waals surface area contributed by atoms with E-state index >= 15 is 0 Å². The molecule has 0 fully saturated rings. The summed E-state index contributed by atoms with van der Waals surface area (Å²) in [5.74, 6) is 0.807. The standard InChI is InChI=1S/C13H15BrN4O2/c1-15-11(10-8(14)5-4-6-16-10)12-13(20-3)18-9(19-2)7-17-12/h4-7,11,15H,1-3H3. The van der Waals surface area contributed by atoms with E-state index in [-0.39, 0.29) is 6.04 Å². The minimum atomic E-state index is -0.237. The molecule has 0 radical (unpaired) electrons. The van der Waals surface area contributed by atoms with Crippen LogP contribution in [-0.4, -0.2) is 36.2 Å². The second-order valence-electron chi connectivity index (χ2n) is 3.90. The zero-order valence-corrected chi connectivity index (χ0v) is 13.0. The zero-order chi connectivity index (χ0) is 14.5. The Bertz CT molecular complexity index is 594. The lowest BCUT2D eigenvalue weighted by Crippen LogP contribution is -2.21. The van der Waals surface area contributed by atoms with Gasteiger partial charge in [-0.2, -0.15) is 4.98 Å². The van der Waals surface area contributed by atoms with Crippen molar-refractivity contribution in [3.8, 4) is 11.8 Å².